The lowest BCUT2D eigenvalue weighted by atomic mass is 10.1. The van der Waals surface area contributed by atoms with Crippen LogP contribution in [0.2, 0.25) is 0 Å². The summed E-state index contributed by atoms with van der Waals surface area (Å²) >= 11 is 0. The molecular formula is C21H22N2O7S. The molecule has 0 radical (unpaired) electrons. The van der Waals surface area contributed by atoms with Crippen LogP contribution in [0.15, 0.2) is 57.8 Å². The molecule has 0 unspecified atom stereocenters. The molecule has 0 bridgehead atoms. The molecule has 164 valence electrons. The molecule has 0 fully saturated rings. The summed E-state index contributed by atoms with van der Waals surface area (Å²) in [6, 6.07) is 12.5. The SMILES string of the molecule is COc1ccc(OC)c(Cc2ccc(C(=O)Nc3ccc(S(N)(=O)=O)cc3OC)o2)c1. The number of benzene rings is 2. The summed E-state index contributed by atoms with van der Waals surface area (Å²) in [7, 11) is 0.596. The number of anilines is 1. The molecule has 3 rings (SSSR count). The van der Waals surface area contributed by atoms with Crippen molar-refractivity contribution in [2.24, 2.45) is 5.14 Å². The van der Waals surface area contributed by atoms with Gasteiger partial charge in [0.05, 0.1) is 31.9 Å². The molecule has 10 heteroatoms. The number of sulfonamides is 1. The molecule has 0 atom stereocenters. The molecule has 0 aliphatic rings. The van der Waals surface area contributed by atoms with Crippen LogP contribution in [-0.4, -0.2) is 35.7 Å². The number of ether oxygens (including phenoxy) is 3. The molecule has 1 amide bonds. The monoisotopic (exact) mass is 446 g/mol. The zero-order valence-electron chi connectivity index (χ0n) is 17.2. The van der Waals surface area contributed by atoms with E-state index in [2.05, 4.69) is 5.32 Å². The largest absolute Gasteiger partial charge is 0.497 e. The number of carbonyl (C=O) groups excluding carboxylic acids is 1. The molecule has 2 aromatic carbocycles. The van der Waals surface area contributed by atoms with E-state index in [4.69, 9.17) is 23.8 Å². The van der Waals surface area contributed by atoms with Crippen LogP contribution in [0.4, 0.5) is 5.69 Å². The summed E-state index contributed by atoms with van der Waals surface area (Å²) in [5, 5.41) is 7.76. The van der Waals surface area contributed by atoms with Crippen LogP contribution in [0.5, 0.6) is 17.2 Å². The minimum absolute atomic E-state index is 0.0782. The van der Waals surface area contributed by atoms with Crippen molar-refractivity contribution in [2.75, 3.05) is 26.6 Å². The highest BCUT2D eigenvalue weighted by Crippen LogP contribution is 2.29. The van der Waals surface area contributed by atoms with Gasteiger partial charge in [0.1, 0.15) is 23.0 Å². The lowest BCUT2D eigenvalue weighted by Crippen LogP contribution is -2.14. The third-order valence-electron chi connectivity index (χ3n) is 4.49. The van der Waals surface area contributed by atoms with Crippen LogP contribution in [-0.2, 0) is 16.4 Å². The van der Waals surface area contributed by atoms with E-state index in [9.17, 15) is 13.2 Å². The predicted molar refractivity (Wildman–Crippen MR) is 113 cm³/mol. The topological polar surface area (TPSA) is 130 Å². The smallest absolute Gasteiger partial charge is 0.291 e. The van der Waals surface area contributed by atoms with Gasteiger partial charge in [-0.3, -0.25) is 4.79 Å². The van der Waals surface area contributed by atoms with Crippen LogP contribution in [0.25, 0.3) is 0 Å². The standard InChI is InChI=1S/C21H22N2O7S/c1-27-14-4-8-18(28-2)13(10-14)11-15-5-9-19(30-15)21(24)23-17-7-6-16(31(22,25)26)12-20(17)29-3/h4-10,12H,11H2,1-3H3,(H,23,24)(H2,22,25,26). The summed E-state index contributed by atoms with van der Waals surface area (Å²) in [5.74, 6) is 1.60. The summed E-state index contributed by atoms with van der Waals surface area (Å²) in [6.45, 7) is 0. The first-order chi connectivity index (χ1) is 14.7. The van der Waals surface area contributed by atoms with Crippen molar-refractivity contribution in [3.8, 4) is 17.2 Å². The Labute approximate surface area is 179 Å². The molecular weight excluding hydrogens is 424 g/mol. The second kappa shape index (κ2) is 9.11. The maximum absolute atomic E-state index is 12.6. The second-order valence-corrected chi connectivity index (χ2v) is 8.04. The first-order valence-corrected chi connectivity index (χ1v) is 10.6. The molecule has 3 aromatic rings. The maximum atomic E-state index is 12.6. The summed E-state index contributed by atoms with van der Waals surface area (Å²) < 4.78 is 44.4. The number of hydrogen-bond acceptors (Lipinski definition) is 7. The normalized spacial score (nSPS) is 11.1. The molecule has 0 aliphatic carbocycles. The summed E-state index contributed by atoms with van der Waals surface area (Å²) in [5.41, 5.74) is 1.11. The lowest BCUT2D eigenvalue weighted by Gasteiger charge is -2.11. The molecule has 0 aliphatic heterocycles. The summed E-state index contributed by atoms with van der Waals surface area (Å²) in [6.07, 6.45) is 0.389. The highest BCUT2D eigenvalue weighted by Gasteiger charge is 2.17. The van der Waals surface area contributed by atoms with Gasteiger partial charge in [0, 0.05) is 18.1 Å². The number of furan rings is 1. The quantitative estimate of drug-likeness (QED) is 0.544. The molecule has 1 heterocycles. The lowest BCUT2D eigenvalue weighted by molar-refractivity contribution is 0.0994. The number of hydrogen-bond donors (Lipinski definition) is 2. The van der Waals surface area contributed by atoms with Gasteiger partial charge in [-0.05, 0) is 42.5 Å². The average molecular weight is 446 g/mol. The van der Waals surface area contributed by atoms with Gasteiger partial charge in [-0.2, -0.15) is 0 Å². The zero-order valence-corrected chi connectivity index (χ0v) is 18.0. The second-order valence-electron chi connectivity index (χ2n) is 6.48. The third-order valence-corrected chi connectivity index (χ3v) is 5.40. The Balaban J connectivity index is 1.78. The van der Waals surface area contributed by atoms with Crippen molar-refractivity contribution in [3.63, 3.8) is 0 Å². The first kappa shape index (κ1) is 22.2. The van der Waals surface area contributed by atoms with Crippen LogP contribution in [0.3, 0.4) is 0 Å². The van der Waals surface area contributed by atoms with Gasteiger partial charge in [-0.25, -0.2) is 13.6 Å². The van der Waals surface area contributed by atoms with Crippen LogP contribution in [0, 0.1) is 0 Å². The van der Waals surface area contributed by atoms with Gasteiger partial charge < -0.3 is 23.9 Å². The van der Waals surface area contributed by atoms with Crippen molar-refractivity contribution in [2.45, 2.75) is 11.3 Å². The number of carbonyl (C=O) groups is 1. The fraction of sp³-hybridized carbons (Fsp3) is 0.190. The number of nitrogens with one attached hydrogen (secondary N) is 1. The Morgan fingerprint density at radius 2 is 1.71 bits per heavy atom. The van der Waals surface area contributed by atoms with E-state index in [0.717, 1.165) is 5.56 Å². The van der Waals surface area contributed by atoms with Crippen molar-refractivity contribution in [1.82, 2.24) is 0 Å². The Kier molecular flexibility index (Phi) is 6.52. The van der Waals surface area contributed by atoms with Gasteiger partial charge in [0.2, 0.25) is 10.0 Å². The van der Waals surface area contributed by atoms with Crippen LogP contribution in [0.1, 0.15) is 21.9 Å². The van der Waals surface area contributed by atoms with Gasteiger partial charge >= 0.3 is 0 Å². The van der Waals surface area contributed by atoms with Gasteiger partial charge in [-0.1, -0.05) is 0 Å². The maximum Gasteiger partial charge on any atom is 0.291 e. The van der Waals surface area contributed by atoms with Crippen LogP contribution < -0.4 is 24.7 Å². The third kappa shape index (κ3) is 5.16. The Hall–Kier alpha value is -3.50. The average Bonchev–Trinajstić information content (AvgIpc) is 3.21. The van der Waals surface area contributed by atoms with E-state index in [0.29, 0.717) is 23.7 Å². The molecule has 0 saturated carbocycles. The van der Waals surface area contributed by atoms with Gasteiger partial charge in [0.15, 0.2) is 5.76 Å². The van der Waals surface area contributed by atoms with Gasteiger partial charge in [-0.15, -0.1) is 0 Å². The van der Waals surface area contributed by atoms with E-state index in [1.165, 1.54) is 25.3 Å². The number of nitrogens with two attached hydrogens (primary N) is 1. The highest BCUT2D eigenvalue weighted by molar-refractivity contribution is 7.89. The number of rotatable bonds is 8. The van der Waals surface area contributed by atoms with E-state index in [1.54, 1.807) is 38.5 Å². The minimum atomic E-state index is -3.90. The minimum Gasteiger partial charge on any atom is -0.497 e. The zero-order chi connectivity index (χ0) is 22.6. The summed E-state index contributed by atoms with van der Waals surface area (Å²) in [4.78, 5) is 12.5. The van der Waals surface area contributed by atoms with E-state index in [-0.39, 0.29) is 22.1 Å². The Morgan fingerprint density at radius 1 is 0.968 bits per heavy atom. The molecule has 0 spiro atoms. The number of amides is 1. The Morgan fingerprint density at radius 3 is 2.35 bits per heavy atom. The molecule has 0 saturated heterocycles. The van der Waals surface area contributed by atoms with E-state index >= 15 is 0 Å². The highest BCUT2D eigenvalue weighted by atomic mass is 32.2. The fourth-order valence-corrected chi connectivity index (χ4v) is 3.47. The molecule has 31 heavy (non-hydrogen) atoms. The van der Waals surface area contributed by atoms with E-state index in [1.807, 2.05) is 6.07 Å². The van der Waals surface area contributed by atoms with E-state index < -0.39 is 15.9 Å². The molecule has 9 nitrogen and oxygen atoms in total. The van der Waals surface area contributed by atoms with Crippen molar-refractivity contribution < 1.29 is 31.8 Å². The number of methoxy groups -OCH3 is 3. The molecule has 3 N–H and O–H groups in total. The predicted octanol–water partition coefficient (Wildman–Crippen LogP) is 2.80. The Bertz CT molecular complexity index is 1200. The number of primary sulfonamides is 1. The van der Waals surface area contributed by atoms with Crippen molar-refractivity contribution in [1.29, 1.82) is 0 Å². The first-order valence-electron chi connectivity index (χ1n) is 9.07. The van der Waals surface area contributed by atoms with Gasteiger partial charge in [0.25, 0.3) is 5.91 Å². The van der Waals surface area contributed by atoms with Crippen molar-refractivity contribution >= 4 is 21.6 Å². The van der Waals surface area contributed by atoms with Crippen molar-refractivity contribution in [3.05, 3.63) is 65.6 Å². The fourth-order valence-electron chi connectivity index (χ4n) is 2.94. The van der Waals surface area contributed by atoms with Crippen LogP contribution >= 0.6 is 0 Å². The molecule has 1 aromatic heterocycles.